The van der Waals surface area contributed by atoms with E-state index in [4.69, 9.17) is 0 Å². The van der Waals surface area contributed by atoms with Crippen LogP contribution in [0.15, 0.2) is 27.1 Å². The first-order valence-electron chi connectivity index (χ1n) is 3.34. The van der Waals surface area contributed by atoms with Crippen molar-refractivity contribution in [1.82, 2.24) is 5.32 Å². The Bertz CT molecular complexity index is 268. The summed E-state index contributed by atoms with van der Waals surface area (Å²) in [6.07, 6.45) is 0.689. The van der Waals surface area contributed by atoms with Crippen molar-refractivity contribution in [3.05, 3.63) is 32.7 Å². The Kier molecular flexibility index (Phi) is 3.75. The van der Waals surface area contributed by atoms with Gasteiger partial charge in [-0.25, -0.2) is 0 Å². The highest BCUT2D eigenvalue weighted by Gasteiger charge is 1.95. The third kappa shape index (κ3) is 2.95. The molecular formula is C8H7Br2NO. The fourth-order valence-corrected chi connectivity index (χ4v) is 2.26. The first-order chi connectivity index (χ1) is 5.72. The van der Waals surface area contributed by atoms with Crippen LogP contribution >= 0.6 is 31.9 Å². The van der Waals surface area contributed by atoms with Crippen molar-refractivity contribution in [3.8, 4) is 0 Å². The quantitative estimate of drug-likeness (QED) is 0.852. The van der Waals surface area contributed by atoms with Crippen LogP contribution in [0.5, 0.6) is 0 Å². The van der Waals surface area contributed by atoms with Gasteiger partial charge in [0.15, 0.2) is 0 Å². The van der Waals surface area contributed by atoms with Crippen molar-refractivity contribution in [2.45, 2.75) is 6.54 Å². The standard InChI is InChI=1S/C8H7Br2NO/c9-7-1-6(4-11-5-12)2-8(10)3-7/h1-3,5H,4H2,(H,11,12). The first-order valence-corrected chi connectivity index (χ1v) is 4.93. The molecule has 0 saturated carbocycles. The molecule has 0 unspecified atom stereocenters. The zero-order valence-electron chi connectivity index (χ0n) is 6.18. The number of halogens is 2. The van der Waals surface area contributed by atoms with E-state index in [0.717, 1.165) is 14.5 Å². The Morgan fingerprint density at radius 1 is 1.25 bits per heavy atom. The fourth-order valence-electron chi connectivity index (χ4n) is 0.873. The second-order valence-electron chi connectivity index (χ2n) is 2.28. The summed E-state index contributed by atoms with van der Waals surface area (Å²) in [5.41, 5.74) is 1.06. The van der Waals surface area contributed by atoms with Crippen LogP contribution in [0.2, 0.25) is 0 Å². The van der Waals surface area contributed by atoms with Crippen LogP contribution in [-0.2, 0) is 11.3 Å². The second-order valence-corrected chi connectivity index (χ2v) is 4.11. The number of amides is 1. The maximum atomic E-state index is 10.0. The van der Waals surface area contributed by atoms with E-state index in [9.17, 15) is 4.79 Å². The molecule has 4 heteroatoms. The summed E-state index contributed by atoms with van der Waals surface area (Å²) in [6.45, 7) is 0.557. The molecule has 0 aliphatic heterocycles. The lowest BCUT2D eigenvalue weighted by Gasteiger charge is -2.01. The maximum absolute atomic E-state index is 10.0. The smallest absolute Gasteiger partial charge is 0.207 e. The Labute approximate surface area is 87.6 Å². The summed E-state index contributed by atoms with van der Waals surface area (Å²) in [5, 5.41) is 2.60. The fraction of sp³-hybridized carbons (Fsp3) is 0.125. The number of carbonyl (C=O) groups excluding carboxylic acids is 1. The van der Waals surface area contributed by atoms with E-state index in [2.05, 4.69) is 37.2 Å². The van der Waals surface area contributed by atoms with Gasteiger partial charge in [0, 0.05) is 15.5 Å². The van der Waals surface area contributed by atoms with E-state index in [1.165, 1.54) is 0 Å². The van der Waals surface area contributed by atoms with Gasteiger partial charge in [-0.15, -0.1) is 0 Å². The Hall–Kier alpha value is -0.350. The largest absolute Gasteiger partial charge is 0.355 e. The highest BCUT2D eigenvalue weighted by Crippen LogP contribution is 2.19. The lowest BCUT2D eigenvalue weighted by molar-refractivity contribution is -0.109. The summed E-state index contributed by atoms with van der Waals surface area (Å²) >= 11 is 6.72. The predicted octanol–water partition coefficient (Wildman–Crippen LogP) is 2.46. The van der Waals surface area contributed by atoms with Gasteiger partial charge < -0.3 is 5.32 Å². The van der Waals surface area contributed by atoms with Crippen LogP contribution in [-0.4, -0.2) is 6.41 Å². The number of rotatable bonds is 3. The van der Waals surface area contributed by atoms with E-state index in [1.54, 1.807) is 0 Å². The van der Waals surface area contributed by atoms with E-state index in [-0.39, 0.29) is 0 Å². The van der Waals surface area contributed by atoms with Gasteiger partial charge >= 0.3 is 0 Å². The van der Waals surface area contributed by atoms with Gasteiger partial charge in [0.25, 0.3) is 0 Å². The summed E-state index contributed by atoms with van der Waals surface area (Å²) in [5.74, 6) is 0. The number of hydrogen-bond donors (Lipinski definition) is 1. The molecule has 0 heterocycles. The van der Waals surface area contributed by atoms with E-state index >= 15 is 0 Å². The van der Waals surface area contributed by atoms with Gasteiger partial charge in [-0.1, -0.05) is 31.9 Å². The molecule has 12 heavy (non-hydrogen) atoms. The lowest BCUT2D eigenvalue weighted by Crippen LogP contribution is -2.09. The van der Waals surface area contributed by atoms with Crippen molar-refractivity contribution < 1.29 is 4.79 Å². The van der Waals surface area contributed by atoms with E-state index in [0.29, 0.717) is 13.0 Å². The molecule has 2 nitrogen and oxygen atoms in total. The lowest BCUT2D eigenvalue weighted by atomic mass is 10.2. The monoisotopic (exact) mass is 291 g/mol. The predicted molar refractivity (Wildman–Crippen MR) is 54.7 cm³/mol. The molecule has 1 aromatic rings. The van der Waals surface area contributed by atoms with Crippen molar-refractivity contribution in [1.29, 1.82) is 0 Å². The first kappa shape index (κ1) is 9.74. The molecule has 1 amide bonds. The Balaban J connectivity index is 2.78. The van der Waals surface area contributed by atoms with Crippen LogP contribution in [0.4, 0.5) is 0 Å². The van der Waals surface area contributed by atoms with Crippen LogP contribution in [0.25, 0.3) is 0 Å². The van der Waals surface area contributed by atoms with Crippen LogP contribution < -0.4 is 5.32 Å². The molecule has 1 rings (SSSR count). The van der Waals surface area contributed by atoms with Gasteiger partial charge in [0.1, 0.15) is 0 Å². The van der Waals surface area contributed by atoms with E-state index < -0.39 is 0 Å². The zero-order valence-corrected chi connectivity index (χ0v) is 9.35. The molecule has 0 saturated heterocycles. The average Bonchev–Trinajstić information content (AvgIpc) is 1.99. The van der Waals surface area contributed by atoms with E-state index in [1.807, 2.05) is 18.2 Å². The maximum Gasteiger partial charge on any atom is 0.207 e. The highest BCUT2D eigenvalue weighted by atomic mass is 79.9. The molecule has 0 spiro atoms. The molecule has 0 radical (unpaired) electrons. The van der Waals surface area contributed by atoms with Crippen LogP contribution in [0.1, 0.15) is 5.56 Å². The summed E-state index contributed by atoms with van der Waals surface area (Å²) in [4.78, 5) is 10.0. The van der Waals surface area contributed by atoms with Crippen molar-refractivity contribution in [2.75, 3.05) is 0 Å². The minimum Gasteiger partial charge on any atom is -0.355 e. The van der Waals surface area contributed by atoms with Gasteiger partial charge in [-0.3, -0.25) is 4.79 Å². The normalized spacial score (nSPS) is 9.50. The number of benzene rings is 1. The molecule has 0 bridgehead atoms. The molecular weight excluding hydrogens is 286 g/mol. The topological polar surface area (TPSA) is 29.1 Å². The average molecular weight is 293 g/mol. The molecule has 0 fully saturated rings. The number of hydrogen-bond acceptors (Lipinski definition) is 1. The van der Waals surface area contributed by atoms with Gasteiger partial charge in [-0.2, -0.15) is 0 Å². The number of nitrogens with one attached hydrogen (secondary N) is 1. The number of carbonyl (C=O) groups is 1. The Morgan fingerprint density at radius 2 is 1.83 bits per heavy atom. The summed E-state index contributed by atoms with van der Waals surface area (Å²) in [6, 6.07) is 5.87. The Morgan fingerprint density at radius 3 is 2.33 bits per heavy atom. The molecule has 1 aromatic carbocycles. The van der Waals surface area contributed by atoms with Crippen molar-refractivity contribution >= 4 is 38.3 Å². The third-order valence-electron chi connectivity index (χ3n) is 1.31. The van der Waals surface area contributed by atoms with Crippen LogP contribution in [0, 0.1) is 0 Å². The van der Waals surface area contributed by atoms with Crippen molar-refractivity contribution in [3.63, 3.8) is 0 Å². The van der Waals surface area contributed by atoms with Crippen molar-refractivity contribution in [2.24, 2.45) is 0 Å². The molecule has 0 atom stereocenters. The zero-order chi connectivity index (χ0) is 8.97. The molecule has 1 N–H and O–H groups in total. The minimum atomic E-state index is 0.557. The molecule has 64 valence electrons. The summed E-state index contributed by atoms with van der Waals surface area (Å²) in [7, 11) is 0. The summed E-state index contributed by atoms with van der Waals surface area (Å²) < 4.78 is 2.00. The third-order valence-corrected chi connectivity index (χ3v) is 2.23. The van der Waals surface area contributed by atoms with Gasteiger partial charge in [0.05, 0.1) is 0 Å². The second kappa shape index (κ2) is 4.62. The van der Waals surface area contributed by atoms with Crippen LogP contribution in [0.3, 0.4) is 0 Å². The highest BCUT2D eigenvalue weighted by molar-refractivity contribution is 9.11. The molecule has 0 aliphatic carbocycles. The minimum absolute atomic E-state index is 0.557. The van der Waals surface area contributed by atoms with Gasteiger partial charge in [0.2, 0.25) is 6.41 Å². The molecule has 0 aromatic heterocycles. The SMILES string of the molecule is O=CNCc1cc(Br)cc(Br)c1. The molecule has 0 aliphatic rings. The van der Waals surface area contributed by atoms with Gasteiger partial charge in [-0.05, 0) is 23.8 Å².